The molecular formula is C14H18N4OS. The number of aryl methyl sites for hydroxylation is 3. The Morgan fingerprint density at radius 3 is 2.60 bits per heavy atom. The summed E-state index contributed by atoms with van der Waals surface area (Å²) in [7, 11) is 0. The van der Waals surface area contributed by atoms with Crippen LogP contribution in [0, 0.1) is 13.8 Å². The first-order valence-electron chi connectivity index (χ1n) is 6.48. The zero-order chi connectivity index (χ0) is 14.5. The van der Waals surface area contributed by atoms with E-state index in [2.05, 4.69) is 15.3 Å². The maximum absolute atomic E-state index is 12.0. The van der Waals surface area contributed by atoms with E-state index in [1.807, 2.05) is 19.2 Å². The molecule has 106 valence electrons. The van der Waals surface area contributed by atoms with Gasteiger partial charge in [-0.2, -0.15) is 0 Å². The van der Waals surface area contributed by atoms with Gasteiger partial charge in [-0.25, -0.2) is 4.98 Å². The van der Waals surface area contributed by atoms with Gasteiger partial charge in [-0.05, 0) is 38.8 Å². The molecule has 20 heavy (non-hydrogen) atoms. The molecule has 2 heterocycles. The largest absolute Gasteiger partial charge is 0.375 e. The van der Waals surface area contributed by atoms with Crippen molar-refractivity contribution < 1.29 is 4.79 Å². The number of anilines is 1. The Hall–Kier alpha value is -1.95. The number of pyridine rings is 1. The van der Waals surface area contributed by atoms with Crippen LogP contribution < -0.4 is 11.1 Å². The summed E-state index contributed by atoms with van der Waals surface area (Å²) in [5.41, 5.74) is 8.92. The predicted molar refractivity (Wildman–Crippen MR) is 80.9 cm³/mol. The van der Waals surface area contributed by atoms with Crippen molar-refractivity contribution in [3.63, 3.8) is 0 Å². The summed E-state index contributed by atoms with van der Waals surface area (Å²) < 4.78 is 0. The molecule has 0 aliphatic carbocycles. The third-order valence-corrected chi connectivity index (χ3v) is 3.53. The quantitative estimate of drug-likeness (QED) is 0.826. The molecule has 0 aliphatic rings. The average molecular weight is 290 g/mol. The highest BCUT2D eigenvalue weighted by Gasteiger charge is 2.07. The smallest absolute Gasteiger partial charge is 0.251 e. The fraction of sp³-hybridized carbons (Fsp3) is 0.357. The first kappa shape index (κ1) is 14.5. The van der Waals surface area contributed by atoms with Gasteiger partial charge in [-0.1, -0.05) is 0 Å². The van der Waals surface area contributed by atoms with Crippen molar-refractivity contribution in [1.29, 1.82) is 0 Å². The second-order valence-corrected chi connectivity index (χ2v) is 5.56. The van der Waals surface area contributed by atoms with Gasteiger partial charge in [0.1, 0.15) is 0 Å². The number of hydrogen-bond donors (Lipinski definition) is 2. The molecular weight excluding hydrogens is 272 g/mol. The summed E-state index contributed by atoms with van der Waals surface area (Å²) in [5.74, 6) is -0.0589. The number of hydrogen-bond acceptors (Lipinski definition) is 5. The maximum atomic E-state index is 12.0. The Balaban J connectivity index is 1.80. The second kappa shape index (κ2) is 6.47. The van der Waals surface area contributed by atoms with Crippen molar-refractivity contribution in [3.05, 3.63) is 40.2 Å². The number of rotatable bonds is 5. The number of thiazole rings is 1. The Kier molecular flexibility index (Phi) is 4.68. The zero-order valence-corrected chi connectivity index (χ0v) is 12.5. The van der Waals surface area contributed by atoms with Gasteiger partial charge in [-0.3, -0.25) is 9.78 Å². The summed E-state index contributed by atoms with van der Waals surface area (Å²) in [4.78, 5) is 20.4. The van der Waals surface area contributed by atoms with Gasteiger partial charge < -0.3 is 11.1 Å². The lowest BCUT2D eigenvalue weighted by molar-refractivity contribution is 0.0953. The van der Waals surface area contributed by atoms with Crippen molar-refractivity contribution in [3.8, 4) is 0 Å². The Bertz CT molecular complexity index is 589. The van der Waals surface area contributed by atoms with Crippen LogP contribution in [0.1, 0.15) is 33.9 Å². The summed E-state index contributed by atoms with van der Waals surface area (Å²) in [5, 5.41) is 5.45. The van der Waals surface area contributed by atoms with E-state index in [0.717, 1.165) is 29.9 Å². The number of nitrogens with one attached hydrogen (secondary N) is 1. The molecule has 0 fully saturated rings. The van der Waals surface area contributed by atoms with Crippen LogP contribution >= 0.6 is 11.3 Å². The molecule has 0 saturated carbocycles. The van der Waals surface area contributed by atoms with Crippen molar-refractivity contribution in [2.45, 2.75) is 26.7 Å². The lowest BCUT2D eigenvalue weighted by atomic mass is 10.2. The van der Waals surface area contributed by atoms with E-state index in [0.29, 0.717) is 17.2 Å². The van der Waals surface area contributed by atoms with Crippen LogP contribution in [0.5, 0.6) is 0 Å². The van der Waals surface area contributed by atoms with Crippen LogP contribution in [0.4, 0.5) is 5.13 Å². The number of carbonyl (C=O) groups excluding carboxylic acids is 1. The van der Waals surface area contributed by atoms with Crippen LogP contribution in [0.25, 0.3) is 0 Å². The van der Waals surface area contributed by atoms with Gasteiger partial charge in [-0.15, -0.1) is 11.3 Å². The minimum absolute atomic E-state index is 0.0589. The van der Waals surface area contributed by atoms with E-state index < -0.39 is 0 Å². The number of nitrogens with two attached hydrogens (primary N) is 1. The Morgan fingerprint density at radius 2 is 2.00 bits per heavy atom. The first-order chi connectivity index (χ1) is 9.54. The van der Waals surface area contributed by atoms with E-state index >= 15 is 0 Å². The van der Waals surface area contributed by atoms with Crippen molar-refractivity contribution >= 4 is 22.4 Å². The van der Waals surface area contributed by atoms with Gasteiger partial charge in [0.15, 0.2) is 5.13 Å². The first-order valence-corrected chi connectivity index (χ1v) is 7.36. The van der Waals surface area contributed by atoms with E-state index in [4.69, 9.17) is 5.73 Å². The number of amides is 1. The highest BCUT2D eigenvalue weighted by molar-refractivity contribution is 7.13. The van der Waals surface area contributed by atoms with Crippen LogP contribution in [-0.2, 0) is 6.42 Å². The van der Waals surface area contributed by atoms with Crippen LogP contribution in [-0.4, -0.2) is 22.4 Å². The molecule has 2 aromatic heterocycles. The molecule has 0 aromatic carbocycles. The summed E-state index contributed by atoms with van der Waals surface area (Å²) in [6.45, 7) is 4.39. The molecule has 0 unspecified atom stereocenters. The van der Waals surface area contributed by atoms with Gasteiger partial charge in [0, 0.05) is 28.9 Å². The lowest BCUT2D eigenvalue weighted by Gasteiger charge is -2.06. The normalized spacial score (nSPS) is 10.5. The number of nitrogen functional groups attached to an aromatic ring is 1. The molecule has 2 aromatic rings. The number of carbonyl (C=O) groups is 1. The van der Waals surface area contributed by atoms with Crippen LogP contribution in [0.15, 0.2) is 17.5 Å². The van der Waals surface area contributed by atoms with Gasteiger partial charge in [0.05, 0.1) is 5.69 Å². The SMILES string of the molecule is Cc1cc(C(=O)NCCCc2csc(N)n2)cc(C)n1. The zero-order valence-electron chi connectivity index (χ0n) is 11.6. The monoisotopic (exact) mass is 290 g/mol. The molecule has 0 radical (unpaired) electrons. The minimum Gasteiger partial charge on any atom is -0.375 e. The fourth-order valence-corrected chi connectivity index (χ4v) is 2.57. The van der Waals surface area contributed by atoms with Crippen LogP contribution in [0.2, 0.25) is 0 Å². The van der Waals surface area contributed by atoms with Crippen molar-refractivity contribution in [1.82, 2.24) is 15.3 Å². The topological polar surface area (TPSA) is 80.9 Å². The van der Waals surface area contributed by atoms with E-state index in [-0.39, 0.29) is 5.91 Å². The fourth-order valence-electron chi connectivity index (χ4n) is 1.98. The third kappa shape index (κ3) is 4.03. The minimum atomic E-state index is -0.0589. The summed E-state index contributed by atoms with van der Waals surface area (Å²) >= 11 is 1.44. The second-order valence-electron chi connectivity index (χ2n) is 4.68. The van der Waals surface area contributed by atoms with E-state index in [1.54, 1.807) is 12.1 Å². The number of nitrogens with zero attached hydrogens (tertiary/aromatic N) is 2. The predicted octanol–water partition coefficient (Wildman–Crippen LogP) is 2.10. The molecule has 0 aliphatic heterocycles. The third-order valence-electron chi connectivity index (χ3n) is 2.81. The summed E-state index contributed by atoms with van der Waals surface area (Å²) in [6, 6.07) is 3.59. The molecule has 0 bridgehead atoms. The highest BCUT2D eigenvalue weighted by atomic mass is 32.1. The number of aromatic nitrogens is 2. The van der Waals surface area contributed by atoms with E-state index in [1.165, 1.54) is 11.3 Å². The molecule has 6 heteroatoms. The Labute approximate surface area is 122 Å². The maximum Gasteiger partial charge on any atom is 0.251 e. The lowest BCUT2D eigenvalue weighted by Crippen LogP contribution is -2.25. The van der Waals surface area contributed by atoms with Gasteiger partial charge >= 0.3 is 0 Å². The molecule has 5 nitrogen and oxygen atoms in total. The van der Waals surface area contributed by atoms with Crippen molar-refractivity contribution in [2.75, 3.05) is 12.3 Å². The molecule has 0 atom stereocenters. The standard InChI is InChI=1S/C14H18N4OS/c1-9-6-11(7-10(2)17-9)13(19)16-5-3-4-12-8-20-14(15)18-12/h6-8H,3-5H2,1-2H3,(H2,15,18)(H,16,19). The molecule has 0 spiro atoms. The van der Waals surface area contributed by atoms with Crippen LogP contribution in [0.3, 0.4) is 0 Å². The van der Waals surface area contributed by atoms with Gasteiger partial charge in [0.25, 0.3) is 5.91 Å². The summed E-state index contributed by atoms with van der Waals surface area (Å²) in [6.07, 6.45) is 1.67. The average Bonchev–Trinajstić information content (AvgIpc) is 2.79. The molecule has 0 saturated heterocycles. The molecule has 1 amide bonds. The van der Waals surface area contributed by atoms with Crippen molar-refractivity contribution in [2.24, 2.45) is 0 Å². The van der Waals surface area contributed by atoms with E-state index in [9.17, 15) is 4.79 Å². The molecule has 3 N–H and O–H groups in total. The van der Waals surface area contributed by atoms with Gasteiger partial charge in [0.2, 0.25) is 0 Å². The highest BCUT2D eigenvalue weighted by Crippen LogP contribution is 2.12. The Morgan fingerprint density at radius 1 is 1.30 bits per heavy atom. The molecule has 2 rings (SSSR count).